The predicted octanol–water partition coefficient (Wildman–Crippen LogP) is 0.0438. The van der Waals surface area contributed by atoms with Gasteiger partial charge in [-0.05, 0) is 17.7 Å². The molecule has 0 saturated carbocycles. The van der Waals surface area contributed by atoms with Crippen LogP contribution < -0.4 is 5.11 Å². The van der Waals surface area contributed by atoms with Crippen LogP contribution in [0.5, 0.6) is 0 Å². The Morgan fingerprint density at radius 2 is 2.07 bits per heavy atom. The van der Waals surface area contributed by atoms with Crippen LogP contribution in [0.2, 0.25) is 0 Å². The highest BCUT2D eigenvalue weighted by atomic mass is 19.1. The first-order valence-corrected chi connectivity index (χ1v) is 4.32. The molecule has 0 spiro atoms. The average molecular weight is 208 g/mol. The lowest BCUT2D eigenvalue weighted by Gasteiger charge is -2.17. The van der Waals surface area contributed by atoms with Crippen LogP contribution in [-0.2, 0) is 9.53 Å². The minimum Gasteiger partial charge on any atom is -0.548 e. The van der Waals surface area contributed by atoms with E-state index in [0.29, 0.717) is 5.56 Å². The minimum atomic E-state index is -1.31. The van der Waals surface area contributed by atoms with Crippen LogP contribution in [-0.4, -0.2) is 18.4 Å². The zero-order valence-corrected chi connectivity index (χ0v) is 7.59. The molecule has 0 radical (unpaired) electrons. The summed E-state index contributed by atoms with van der Waals surface area (Å²) in [5.74, 6) is -1.69. The lowest BCUT2D eigenvalue weighted by Crippen LogP contribution is -2.36. The summed E-state index contributed by atoms with van der Waals surface area (Å²) < 4.78 is 17.6. The highest BCUT2D eigenvalue weighted by Crippen LogP contribution is 2.26. The molecule has 1 aliphatic rings. The van der Waals surface area contributed by atoms with E-state index >= 15 is 0 Å². The first-order valence-electron chi connectivity index (χ1n) is 4.32. The molecule has 0 unspecified atom stereocenters. The van der Waals surface area contributed by atoms with Gasteiger partial charge in [-0.3, -0.25) is 0 Å². The standard InChI is InChI=1S/C10H8FNO3/c11-7-3-1-6(2-4-7)9-8(10(13)14)12-5-15-9/h1-5,8-9H,(H,13,14)/p-1/t8-,9+/m0/s1. The molecule has 5 heteroatoms. The number of hydrogen-bond acceptors (Lipinski definition) is 4. The molecule has 0 saturated heterocycles. The maximum Gasteiger partial charge on any atom is 0.171 e. The smallest absolute Gasteiger partial charge is 0.171 e. The summed E-state index contributed by atoms with van der Waals surface area (Å²) in [7, 11) is 0. The summed E-state index contributed by atoms with van der Waals surface area (Å²) in [5, 5.41) is 10.7. The van der Waals surface area contributed by atoms with E-state index in [1.807, 2.05) is 0 Å². The number of benzene rings is 1. The number of aliphatic carboxylic acids is 1. The number of halogens is 1. The van der Waals surface area contributed by atoms with Crippen LogP contribution >= 0.6 is 0 Å². The van der Waals surface area contributed by atoms with E-state index in [-0.39, 0.29) is 5.82 Å². The van der Waals surface area contributed by atoms with Crippen molar-refractivity contribution in [1.29, 1.82) is 0 Å². The van der Waals surface area contributed by atoms with Crippen molar-refractivity contribution in [2.45, 2.75) is 12.1 Å². The van der Waals surface area contributed by atoms with Gasteiger partial charge in [-0.1, -0.05) is 12.1 Å². The summed E-state index contributed by atoms with van der Waals surface area (Å²) in [4.78, 5) is 14.3. The van der Waals surface area contributed by atoms with Gasteiger partial charge in [0.15, 0.2) is 12.5 Å². The van der Waals surface area contributed by atoms with Gasteiger partial charge in [-0.2, -0.15) is 0 Å². The number of hydrogen-bond donors (Lipinski definition) is 0. The monoisotopic (exact) mass is 208 g/mol. The Balaban J connectivity index is 2.24. The van der Waals surface area contributed by atoms with Gasteiger partial charge < -0.3 is 14.6 Å². The number of aliphatic imine (C=N–C) groups is 1. The third-order valence-corrected chi connectivity index (χ3v) is 2.16. The molecule has 1 aliphatic heterocycles. The van der Waals surface area contributed by atoms with Crippen molar-refractivity contribution in [3.63, 3.8) is 0 Å². The molecule has 1 aromatic rings. The Labute approximate surface area is 85.0 Å². The van der Waals surface area contributed by atoms with Gasteiger partial charge in [0, 0.05) is 0 Å². The van der Waals surface area contributed by atoms with Gasteiger partial charge in [0.2, 0.25) is 0 Å². The molecule has 78 valence electrons. The molecular weight excluding hydrogens is 201 g/mol. The molecule has 0 fully saturated rings. The Kier molecular flexibility index (Phi) is 2.37. The first kappa shape index (κ1) is 9.64. The second-order valence-electron chi connectivity index (χ2n) is 3.13. The number of nitrogens with zero attached hydrogens (tertiary/aromatic N) is 1. The van der Waals surface area contributed by atoms with Gasteiger partial charge in [0.1, 0.15) is 11.9 Å². The van der Waals surface area contributed by atoms with Crippen LogP contribution in [0.4, 0.5) is 4.39 Å². The van der Waals surface area contributed by atoms with Crippen molar-refractivity contribution in [1.82, 2.24) is 0 Å². The van der Waals surface area contributed by atoms with E-state index in [0.717, 1.165) is 6.40 Å². The van der Waals surface area contributed by atoms with E-state index in [1.165, 1.54) is 24.3 Å². The fourth-order valence-electron chi connectivity index (χ4n) is 1.42. The number of rotatable bonds is 2. The van der Waals surface area contributed by atoms with Crippen molar-refractivity contribution in [2.75, 3.05) is 0 Å². The molecule has 4 nitrogen and oxygen atoms in total. The van der Waals surface area contributed by atoms with Gasteiger partial charge in [-0.15, -0.1) is 0 Å². The van der Waals surface area contributed by atoms with Crippen molar-refractivity contribution >= 4 is 12.4 Å². The molecule has 1 heterocycles. The van der Waals surface area contributed by atoms with Gasteiger partial charge >= 0.3 is 0 Å². The van der Waals surface area contributed by atoms with Crippen molar-refractivity contribution in [3.8, 4) is 0 Å². The highest BCUT2D eigenvalue weighted by molar-refractivity contribution is 5.76. The molecule has 0 aromatic heterocycles. The molecule has 0 amide bonds. The zero-order chi connectivity index (χ0) is 10.8. The van der Waals surface area contributed by atoms with Gasteiger partial charge in [0.25, 0.3) is 0 Å². The molecule has 0 aliphatic carbocycles. The molecule has 2 atom stereocenters. The Bertz CT molecular complexity index is 402. The summed E-state index contributed by atoms with van der Waals surface area (Å²) in [6.45, 7) is 0. The predicted molar refractivity (Wildman–Crippen MR) is 47.5 cm³/mol. The van der Waals surface area contributed by atoms with E-state index in [2.05, 4.69) is 4.99 Å². The quantitative estimate of drug-likeness (QED) is 0.689. The maximum absolute atomic E-state index is 12.6. The third-order valence-electron chi connectivity index (χ3n) is 2.16. The summed E-state index contributed by atoms with van der Waals surface area (Å²) in [5.41, 5.74) is 0.558. The second-order valence-corrected chi connectivity index (χ2v) is 3.13. The number of carboxylic acids is 1. The van der Waals surface area contributed by atoms with Gasteiger partial charge in [0.05, 0.1) is 5.97 Å². The van der Waals surface area contributed by atoms with Crippen LogP contribution in [0, 0.1) is 5.82 Å². The normalized spacial score (nSPS) is 23.8. The largest absolute Gasteiger partial charge is 0.548 e. The number of ether oxygens (including phenoxy) is 1. The molecule has 15 heavy (non-hydrogen) atoms. The van der Waals surface area contributed by atoms with Crippen molar-refractivity contribution < 1.29 is 19.0 Å². The van der Waals surface area contributed by atoms with E-state index in [4.69, 9.17) is 4.74 Å². The molecule has 1 aromatic carbocycles. The Morgan fingerprint density at radius 1 is 1.40 bits per heavy atom. The van der Waals surface area contributed by atoms with Crippen molar-refractivity contribution in [3.05, 3.63) is 35.6 Å². The fraction of sp³-hybridized carbons (Fsp3) is 0.200. The summed E-state index contributed by atoms with van der Waals surface area (Å²) in [6, 6.07) is 4.34. The zero-order valence-electron chi connectivity index (χ0n) is 7.59. The molecule has 0 N–H and O–H groups in total. The Hall–Kier alpha value is -1.91. The van der Waals surface area contributed by atoms with E-state index in [1.54, 1.807) is 0 Å². The fourth-order valence-corrected chi connectivity index (χ4v) is 1.42. The van der Waals surface area contributed by atoms with Crippen LogP contribution in [0.15, 0.2) is 29.3 Å². The number of carbonyl (C=O) groups is 1. The topological polar surface area (TPSA) is 61.7 Å². The maximum atomic E-state index is 12.6. The van der Waals surface area contributed by atoms with E-state index < -0.39 is 18.1 Å². The number of carbonyl (C=O) groups excluding carboxylic acids is 1. The van der Waals surface area contributed by atoms with Crippen molar-refractivity contribution in [2.24, 2.45) is 4.99 Å². The Morgan fingerprint density at radius 3 is 2.67 bits per heavy atom. The average Bonchev–Trinajstić information content (AvgIpc) is 2.67. The lowest BCUT2D eigenvalue weighted by molar-refractivity contribution is -0.308. The van der Waals surface area contributed by atoms with Crippen LogP contribution in [0.1, 0.15) is 11.7 Å². The summed E-state index contributed by atoms with van der Waals surface area (Å²) in [6.07, 6.45) is 0.352. The van der Waals surface area contributed by atoms with E-state index in [9.17, 15) is 14.3 Å². The molecule has 2 rings (SSSR count). The molecule has 0 bridgehead atoms. The first-order chi connectivity index (χ1) is 7.18. The van der Waals surface area contributed by atoms with Crippen LogP contribution in [0.25, 0.3) is 0 Å². The molecular formula is C10H7FNO3-. The van der Waals surface area contributed by atoms with Crippen LogP contribution in [0.3, 0.4) is 0 Å². The minimum absolute atomic E-state index is 0.386. The highest BCUT2D eigenvalue weighted by Gasteiger charge is 2.28. The SMILES string of the molecule is O=C([O-])[C@H]1N=CO[C@@H]1c1ccc(F)cc1. The third kappa shape index (κ3) is 1.81. The number of carboxylic acid groups (broad SMARTS) is 1. The van der Waals surface area contributed by atoms with Gasteiger partial charge in [-0.25, -0.2) is 9.38 Å². The lowest BCUT2D eigenvalue weighted by atomic mass is 10.0. The summed E-state index contributed by atoms with van der Waals surface area (Å²) >= 11 is 0. The second kappa shape index (κ2) is 3.68.